The molecule has 0 bridgehead atoms. The lowest BCUT2D eigenvalue weighted by atomic mass is 9.73. The van der Waals surface area contributed by atoms with Crippen molar-refractivity contribution in [2.75, 3.05) is 0 Å². The average Bonchev–Trinajstić information content (AvgIpc) is 2.54. The van der Waals surface area contributed by atoms with Gasteiger partial charge in [-0.15, -0.1) is 0 Å². The predicted octanol–water partition coefficient (Wildman–Crippen LogP) is 5.42. The van der Waals surface area contributed by atoms with Gasteiger partial charge in [-0.25, -0.2) is 0 Å². The molecule has 0 aliphatic heterocycles. The fraction of sp³-hybridized carbons (Fsp3) is 1.00. The molecular formula is C16H30. The molecule has 16 heavy (non-hydrogen) atoms. The summed E-state index contributed by atoms with van der Waals surface area (Å²) in [4.78, 5) is 0. The van der Waals surface area contributed by atoms with Crippen LogP contribution in [-0.4, -0.2) is 0 Å². The van der Waals surface area contributed by atoms with Gasteiger partial charge in [0.2, 0.25) is 0 Å². The third-order valence-corrected chi connectivity index (χ3v) is 5.44. The summed E-state index contributed by atoms with van der Waals surface area (Å²) in [6.45, 7) is 4.83. The zero-order valence-corrected chi connectivity index (χ0v) is 11.4. The first-order valence-corrected chi connectivity index (χ1v) is 7.79. The highest BCUT2D eigenvalue weighted by Gasteiger charge is 2.28. The van der Waals surface area contributed by atoms with Crippen LogP contribution < -0.4 is 0 Å². The van der Waals surface area contributed by atoms with Crippen LogP contribution in [0.25, 0.3) is 0 Å². The Kier molecular flexibility index (Phi) is 4.73. The Bertz CT molecular complexity index is 188. The molecule has 0 heterocycles. The second kappa shape index (κ2) is 6.07. The van der Waals surface area contributed by atoms with Gasteiger partial charge in [0.15, 0.2) is 0 Å². The maximum absolute atomic E-state index is 2.45. The molecule has 2 saturated carbocycles. The van der Waals surface area contributed by atoms with Gasteiger partial charge in [0.1, 0.15) is 0 Å². The van der Waals surface area contributed by atoms with Crippen LogP contribution in [0.4, 0.5) is 0 Å². The third-order valence-electron chi connectivity index (χ3n) is 5.44. The van der Waals surface area contributed by atoms with Crippen molar-refractivity contribution in [3.05, 3.63) is 0 Å². The van der Waals surface area contributed by atoms with Gasteiger partial charge in [-0.3, -0.25) is 0 Å². The molecule has 0 aromatic rings. The van der Waals surface area contributed by atoms with Crippen molar-refractivity contribution in [1.29, 1.82) is 0 Å². The van der Waals surface area contributed by atoms with Crippen molar-refractivity contribution in [1.82, 2.24) is 0 Å². The van der Waals surface area contributed by atoms with Gasteiger partial charge in [0.25, 0.3) is 0 Å². The molecule has 0 radical (unpaired) electrons. The number of rotatable bonds is 2. The topological polar surface area (TPSA) is 0 Å². The highest BCUT2D eigenvalue weighted by Crippen LogP contribution is 2.40. The molecule has 0 saturated heterocycles. The Morgan fingerprint density at radius 3 is 2.06 bits per heavy atom. The van der Waals surface area contributed by atoms with E-state index in [4.69, 9.17) is 0 Å². The summed E-state index contributed by atoms with van der Waals surface area (Å²) in [6.07, 6.45) is 15.2. The van der Waals surface area contributed by atoms with Crippen LogP contribution in [0.3, 0.4) is 0 Å². The van der Waals surface area contributed by atoms with Gasteiger partial charge < -0.3 is 0 Å². The minimum Gasteiger partial charge on any atom is -0.0651 e. The molecule has 2 fully saturated rings. The molecular weight excluding hydrogens is 192 g/mol. The van der Waals surface area contributed by atoms with E-state index in [1.807, 2.05) is 0 Å². The Morgan fingerprint density at radius 2 is 1.38 bits per heavy atom. The zero-order valence-electron chi connectivity index (χ0n) is 11.4. The first-order chi connectivity index (χ1) is 7.79. The monoisotopic (exact) mass is 222 g/mol. The summed E-state index contributed by atoms with van der Waals surface area (Å²) in [5.41, 5.74) is 0. The van der Waals surface area contributed by atoms with Crippen LogP contribution in [0.15, 0.2) is 0 Å². The molecule has 0 amide bonds. The van der Waals surface area contributed by atoms with Crippen LogP contribution in [0.5, 0.6) is 0 Å². The number of hydrogen-bond donors (Lipinski definition) is 0. The molecule has 0 spiro atoms. The molecule has 0 aromatic carbocycles. The molecule has 2 aliphatic carbocycles. The lowest BCUT2D eigenvalue weighted by molar-refractivity contribution is 0.185. The van der Waals surface area contributed by atoms with Gasteiger partial charge in [0, 0.05) is 0 Å². The molecule has 0 nitrogen and oxygen atoms in total. The van der Waals surface area contributed by atoms with E-state index in [9.17, 15) is 0 Å². The number of hydrogen-bond acceptors (Lipinski definition) is 0. The highest BCUT2D eigenvalue weighted by atomic mass is 14.3. The lowest BCUT2D eigenvalue weighted by Gasteiger charge is -2.33. The third kappa shape index (κ3) is 3.25. The van der Waals surface area contributed by atoms with Crippen molar-refractivity contribution in [3.63, 3.8) is 0 Å². The first-order valence-electron chi connectivity index (χ1n) is 7.79. The first kappa shape index (κ1) is 12.5. The molecule has 0 heteroatoms. The van der Waals surface area contributed by atoms with Crippen molar-refractivity contribution in [3.8, 4) is 0 Å². The van der Waals surface area contributed by atoms with Gasteiger partial charge in [-0.1, -0.05) is 58.8 Å². The molecule has 0 N–H and O–H groups in total. The summed E-state index contributed by atoms with van der Waals surface area (Å²) in [6, 6.07) is 0. The van der Waals surface area contributed by atoms with Crippen molar-refractivity contribution < 1.29 is 0 Å². The molecule has 2 rings (SSSR count). The summed E-state index contributed by atoms with van der Waals surface area (Å²) >= 11 is 0. The second-order valence-corrected chi connectivity index (χ2v) is 6.56. The van der Waals surface area contributed by atoms with Gasteiger partial charge in [-0.05, 0) is 42.9 Å². The van der Waals surface area contributed by atoms with Crippen molar-refractivity contribution in [2.45, 2.75) is 78.1 Å². The fourth-order valence-corrected chi connectivity index (χ4v) is 4.06. The molecule has 2 atom stereocenters. The van der Waals surface area contributed by atoms with E-state index >= 15 is 0 Å². The van der Waals surface area contributed by atoms with E-state index in [1.165, 1.54) is 38.5 Å². The second-order valence-electron chi connectivity index (χ2n) is 6.56. The maximum Gasteiger partial charge on any atom is -0.0386 e. The van der Waals surface area contributed by atoms with Crippen molar-refractivity contribution in [2.24, 2.45) is 23.7 Å². The lowest BCUT2D eigenvalue weighted by Crippen LogP contribution is -2.21. The van der Waals surface area contributed by atoms with Gasteiger partial charge in [0.05, 0.1) is 0 Å². The smallest absolute Gasteiger partial charge is 0.0386 e. The standard InChI is InChI=1S/C16H30/c1-3-14-8-11-16(12-9-14)15-6-4-5-13(2)7-10-15/h13-16H,3-12H2,1-2H3. The van der Waals surface area contributed by atoms with E-state index < -0.39 is 0 Å². The SMILES string of the molecule is CCC1CCC(C2CCCC(C)CC2)CC1. The summed E-state index contributed by atoms with van der Waals surface area (Å²) in [5.74, 6) is 4.29. The quantitative estimate of drug-likeness (QED) is 0.547. The Balaban J connectivity index is 1.79. The largest absolute Gasteiger partial charge is 0.0651 e. The van der Waals surface area contributed by atoms with E-state index in [2.05, 4.69) is 13.8 Å². The molecule has 2 aliphatic rings. The van der Waals surface area contributed by atoms with Gasteiger partial charge in [-0.2, -0.15) is 0 Å². The van der Waals surface area contributed by atoms with Crippen LogP contribution in [0.1, 0.15) is 78.1 Å². The summed E-state index contributed by atoms with van der Waals surface area (Å²) in [7, 11) is 0. The van der Waals surface area contributed by atoms with E-state index in [1.54, 1.807) is 25.7 Å². The van der Waals surface area contributed by atoms with Crippen LogP contribution in [0.2, 0.25) is 0 Å². The van der Waals surface area contributed by atoms with E-state index in [0.717, 1.165) is 23.7 Å². The summed E-state index contributed by atoms with van der Waals surface area (Å²) in [5, 5.41) is 0. The fourth-order valence-electron chi connectivity index (χ4n) is 4.06. The molecule has 2 unspecified atom stereocenters. The Morgan fingerprint density at radius 1 is 0.750 bits per heavy atom. The summed E-state index contributed by atoms with van der Waals surface area (Å²) < 4.78 is 0. The van der Waals surface area contributed by atoms with E-state index in [-0.39, 0.29) is 0 Å². The maximum atomic E-state index is 2.45. The van der Waals surface area contributed by atoms with Gasteiger partial charge >= 0.3 is 0 Å². The van der Waals surface area contributed by atoms with Crippen LogP contribution in [-0.2, 0) is 0 Å². The zero-order chi connectivity index (χ0) is 11.4. The van der Waals surface area contributed by atoms with E-state index in [0.29, 0.717) is 0 Å². The Hall–Kier alpha value is 0. The van der Waals surface area contributed by atoms with Crippen LogP contribution in [0, 0.1) is 23.7 Å². The molecule has 94 valence electrons. The van der Waals surface area contributed by atoms with Crippen molar-refractivity contribution >= 4 is 0 Å². The predicted molar refractivity (Wildman–Crippen MR) is 71.5 cm³/mol. The Labute approximate surface area is 102 Å². The average molecular weight is 222 g/mol. The van der Waals surface area contributed by atoms with Crippen LogP contribution >= 0.6 is 0 Å². The highest BCUT2D eigenvalue weighted by molar-refractivity contribution is 4.79. The minimum atomic E-state index is 1.01. The normalized spacial score (nSPS) is 41.6. The molecule has 0 aromatic heterocycles. The minimum absolute atomic E-state index is 1.01.